The molecule has 0 spiro atoms. The fraction of sp³-hybridized carbons (Fsp3) is 0.257. The lowest BCUT2D eigenvalue weighted by atomic mass is 9.93. The highest BCUT2D eigenvalue weighted by Gasteiger charge is 2.27. The third-order valence-corrected chi connectivity index (χ3v) is 6.97. The van der Waals surface area contributed by atoms with Crippen molar-refractivity contribution in [2.75, 3.05) is 0 Å². The first kappa shape index (κ1) is 25.5. The molecule has 0 N–H and O–H groups in total. The molecule has 0 radical (unpaired) electrons. The SMILES string of the molecule is CC.CC.CC.CCn1c2c3c(c4ccccc4c2c2ccc4ccccc4c21)-c1ccccc1C3. The molecule has 0 fully saturated rings. The second-order valence-electron chi connectivity index (χ2n) is 8.38. The van der Waals surface area contributed by atoms with Gasteiger partial charge in [-0.25, -0.2) is 0 Å². The van der Waals surface area contributed by atoms with Crippen LogP contribution >= 0.6 is 0 Å². The molecule has 1 heteroatoms. The van der Waals surface area contributed by atoms with E-state index in [9.17, 15) is 0 Å². The Kier molecular flexibility index (Phi) is 7.79. The zero-order valence-corrected chi connectivity index (χ0v) is 22.9. The Hall–Kier alpha value is -3.58. The number of benzene rings is 5. The average Bonchev–Trinajstić information content (AvgIpc) is 3.53. The fourth-order valence-corrected chi connectivity index (χ4v) is 5.81. The second-order valence-corrected chi connectivity index (χ2v) is 8.38. The molecule has 7 rings (SSSR count). The zero-order chi connectivity index (χ0) is 25.8. The molecular formula is C35H39N. The molecule has 36 heavy (non-hydrogen) atoms. The molecule has 0 bridgehead atoms. The summed E-state index contributed by atoms with van der Waals surface area (Å²) in [7, 11) is 0. The third-order valence-electron chi connectivity index (χ3n) is 6.97. The van der Waals surface area contributed by atoms with Gasteiger partial charge in [0.2, 0.25) is 0 Å². The summed E-state index contributed by atoms with van der Waals surface area (Å²) in [6.07, 6.45) is 1.01. The number of nitrogens with zero attached hydrogens (tertiary/aromatic N) is 1. The molecule has 0 saturated heterocycles. The van der Waals surface area contributed by atoms with Gasteiger partial charge in [0.1, 0.15) is 0 Å². The minimum absolute atomic E-state index is 0.967. The molecule has 0 aliphatic heterocycles. The average molecular weight is 474 g/mol. The maximum atomic E-state index is 2.57. The summed E-state index contributed by atoms with van der Waals surface area (Å²) in [5.41, 5.74) is 8.59. The van der Waals surface area contributed by atoms with Crippen molar-refractivity contribution in [2.24, 2.45) is 0 Å². The van der Waals surface area contributed by atoms with Crippen LogP contribution in [0.3, 0.4) is 0 Å². The molecule has 1 aromatic heterocycles. The van der Waals surface area contributed by atoms with Gasteiger partial charge in [-0.15, -0.1) is 0 Å². The summed E-state index contributed by atoms with van der Waals surface area (Å²) in [6.45, 7) is 15.2. The largest absolute Gasteiger partial charge is 0.340 e. The number of hydrogen-bond donors (Lipinski definition) is 0. The number of rotatable bonds is 1. The molecule has 0 amide bonds. The van der Waals surface area contributed by atoms with E-state index >= 15 is 0 Å². The van der Waals surface area contributed by atoms with E-state index < -0.39 is 0 Å². The normalized spacial score (nSPS) is 11.2. The lowest BCUT2D eigenvalue weighted by Gasteiger charge is -2.12. The number of hydrogen-bond acceptors (Lipinski definition) is 0. The molecule has 1 nitrogen and oxygen atoms in total. The van der Waals surface area contributed by atoms with Crippen molar-refractivity contribution in [1.29, 1.82) is 0 Å². The van der Waals surface area contributed by atoms with Crippen LogP contribution < -0.4 is 0 Å². The zero-order valence-electron chi connectivity index (χ0n) is 22.9. The molecular weight excluding hydrogens is 434 g/mol. The monoisotopic (exact) mass is 473 g/mol. The minimum atomic E-state index is 0.967. The summed E-state index contributed by atoms with van der Waals surface area (Å²) in [5.74, 6) is 0. The van der Waals surface area contributed by atoms with E-state index in [0.717, 1.165) is 13.0 Å². The van der Waals surface area contributed by atoms with Crippen LogP contribution in [0.1, 0.15) is 59.6 Å². The molecule has 0 unspecified atom stereocenters. The second kappa shape index (κ2) is 11.0. The lowest BCUT2D eigenvalue weighted by molar-refractivity contribution is 0.826. The molecule has 5 aromatic carbocycles. The summed E-state index contributed by atoms with van der Waals surface area (Å²) in [5, 5.41) is 8.21. The van der Waals surface area contributed by atoms with E-state index in [0.29, 0.717) is 0 Å². The van der Waals surface area contributed by atoms with Crippen LogP contribution in [0, 0.1) is 0 Å². The first-order valence-corrected chi connectivity index (χ1v) is 13.8. The number of fused-ring (bicyclic) bond motifs is 12. The quantitative estimate of drug-likeness (QED) is 0.223. The predicted molar refractivity (Wildman–Crippen MR) is 162 cm³/mol. The lowest BCUT2D eigenvalue weighted by Crippen LogP contribution is -1.97. The van der Waals surface area contributed by atoms with Crippen molar-refractivity contribution in [3.8, 4) is 11.1 Å². The van der Waals surface area contributed by atoms with Crippen LogP contribution in [0.15, 0.2) is 84.9 Å². The van der Waals surface area contributed by atoms with Gasteiger partial charge in [0, 0.05) is 29.1 Å². The van der Waals surface area contributed by atoms with Crippen molar-refractivity contribution < 1.29 is 0 Å². The van der Waals surface area contributed by atoms with Crippen molar-refractivity contribution in [3.05, 3.63) is 96.1 Å². The third kappa shape index (κ3) is 3.69. The van der Waals surface area contributed by atoms with Gasteiger partial charge in [0.05, 0.1) is 11.0 Å². The highest BCUT2D eigenvalue weighted by atomic mass is 15.0. The van der Waals surface area contributed by atoms with E-state index in [-0.39, 0.29) is 0 Å². The number of aromatic nitrogens is 1. The summed E-state index contributed by atoms with van der Waals surface area (Å²) >= 11 is 0. The highest BCUT2D eigenvalue weighted by molar-refractivity contribution is 6.28. The van der Waals surface area contributed by atoms with Gasteiger partial charge < -0.3 is 4.57 Å². The van der Waals surface area contributed by atoms with Crippen LogP contribution in [-0.2, 0) is 13.0 Å². The Balaban J connectivity index is 0.000000475. The van der Waals surface area contributed by atoms with Crippen molar-refractivity contribution in [1.82, 2.24) is 4.57 Å². The van der Waals surface area contributed by atoms with Gasteiger partial charge >= 0.3 is 0 Å². The molecule has 184 valence electrons. The van der Waals surface area contributed by atoms with Crippen LogP contribution in [0.25, 0.3) is 54.5 Å². The van der Waals surface area contributed by atoms with E-state index in [4.69, 9.17) is 0 Å². The van der Waals surface area contributed by atoms with Crippen LogP contribution in [0.2, 0.25) is 0 Å². The standard InChI is InChI=1S/C29H21N.3C2H6/c1-2-30-28-21-12-6-3-9-18(21)15-16-24(28)27-23-14-8-7-13-22(23)26-20-11-5-4-10-19(20)17-25(26)29(27)30;3*1-2/h3-16H,2,17H2,1H3;3*1-2H3. The Labute approximate surface area is 216 Å². The molecule has 0 saturated carbocycles. The molecule has 0 atom stereocenters. The number of aryl methyl sites for hydroxylation is 1. The summed E-state index contributed by atoms with van der Waals surface area (Å²) in [4.78, 5) is 0. The van der Waals surface area contributed by atoms with Crippen LogP contribution in [0.4, 0.5) is 0 Å². The molecule has 1 heterocycles. The first-order chi connectivity index (χ1) is 17.9. The highest BCUT2D eigenvalue weighted by Crippen LogP contribution is 2.49. The van der Waals surface area contributed by atoms with E-state index in [2.05, 4.69) is 96.4 Å². The Morgan fingerprint density at radius 1 is 0.583 bits per heavy atom. The first-order valence-electron chi connectivity index (χ1n) is 13.8. The predicted octanol–water partition coefficient (Wildman–Crippen LogP) is 10.8. The van der Waals surface area contributed by atoms with Gasteiger partial charge in [-0.3, -0.25) is 0 Å². The molecule has 6 aromatic rings. The minimum Gasteiger partial charge on any atom is -0.340 e. The smallest absolute Gasteiger partial charge is 0.0571 e. The van der Waals surface area contributed by atoms with E-state index in [1.807, 2.05) is 41.5 Å². The summed E-state index contributed by atoms with van der Waals surface area (Å²) in [6, 6.07) is 31.4. The van der Waals surface area contributed by atoms with Crippen LogP contribution in [-0.4, -0.2) is 4.57 Å². The summed E-state index contributed by atoms with van der Waals surface area (Å²) < 4.78 is 2.57. The van der Waals surface area contributed by atoms with E-state index in [1.165, 1.54) is 65.6 Å². The molecule has 1 aliphatic carbocycles. The van der Waals surface area contributed by atoms with Crippen LogP contribution in [0.5, 0.6) is 0 Å². The maximum Gasteiger partial charge on any atom is 0.0571 e. The van der Waals surface area contributed by atoms with E-state index in [1.54, 1.807) is 0 Å². The Morgan fingerprint density at radius 3 is 1.92 bits per heavy atom. The van der Waals surface area contributed by atoms with Gasteiger partial charge in [-0.2, -0.15) is 0 Å². The van der Waals surface area contributed by atoms with Crippen molar-refractivity contribution >= 4 is 43.4 Å². The van der Waals surface area contributed by atoms with Crippen molar-refractivity contribution in [3.63, 3.8) is 0 Å². The molecule has 1 aliphatic rings. The fourth-order valence-electron chi connectivity index (χ4n) is 5.81. The maximum absolute atomic E-state index is 2.57. The van der Waals surface area contributed by atoms with Gasteiger partial charge in [-0.1, -0.05) is 126 Å². The van der Waals surface area contributed by atoms with Gasteiger partial charge in [0.15, 0.2) is 0 Å². The Bertz CT molecular complexity index is 1650. The van der Waals surface area contributed by atoms with Gasteiger partial charge in [0.25, 0.3) is 0 Å². The van der Waals surface area contributed by atoms with Crippen molar-refractivity contribution in [2.45, 2.75) is 61.4 Å². The Morgan fingerprint density at radius 2 is 1.19 bits per heavy atom. The van der Waals surface area contributed by atoms with Gasteiger partial charge in [-0.05, 0) is 45.3 Å². The topological polar surface area (TPSA) is 4.93 Å².